The Morgan fingerprint density at radius 1 is 1.21 bits per heavy atom. The molecule has 6 nitrogen and oxygen atoms in total. The first-order chi connectivity index (χ1) is 13.3. The summed E-state index contributed by atoms with van der Waals surface area (Å²) in [5.74, 6) is 0.321. The number of likely N-dealkylation sites (N-methyl/N-ethyl adjacent to an activating group) is 1. The van der Waals surface area contributed by atoms with Crippen LogP contribution in [0, 0.1) is 5.92 Å². The van der Waals surface area contributed by atoms with Crippen molar-refractivity contribution in [2.75, 3.05) is 27.2 Å². The Morgan fingerprint density at radius 3 is 2.54 bits per heavy atom. The number of hydrogen-bond donors (Lipinski definition) is 0. The average Bonchev–Trinajstić information content (AvgIpc) is 3.23. The van der Waals surface area contributed by atoms with Gasteiger partial charge in [-0.25, -0.2) is 13.4 Å². The second-order valence-electron chi connectivity index (χ2n) is 8.42. The van der Waals surface area contributed by atoms with Crippen LogP contribution in [-0.2, 0) is 28.7 Å². The second kappa shape index (κ2) is 8.76. The zero-order chi connectivity index (χ0) is 20.3. The third-order valence-corrected chi connectivity index (χ3v) is 6.89. The fourth-order valence-corrected chi connectivity index (χ4v) is 5.29. The van der Waals surface area contributed by atoms with E-state index in [0.717, 1.165) is 37.3 Å². The minimum Gasteiger partial charge on any atom is -0.317 e. The first kappa shape index (κ1) is 21.0. The van der Waals surface area contributed by atoms with Gasteiger partial charge in [0.25, 0.3) is 0 Å². The number of likely N-dealkylation sites (tertiary alicyclic amines) is 1. The molecule has 0 amide bonds. The van der Waals surface area contributed by atoms with Crippen LogP contribution in [0.25, 0.3) is 0 Å². The molecule has 1 saturated heterocycles. The zero-order valence-corrected chi connectivity index (χ0v) is 18.2. The number of benzene rings is 1. The number of nitrogens with zero attached hydrogens (tertiary/aromatic N) is 4. The maximum Gasteiger partial charge on any atom is 0.228 e. The highest BCUT2D eigenvalue weighted by molar-refractivity contribution is 7.90. The summed E-state index contributed by atoms with van der Waals surface area (Å²) in [6, 6.07) is 9.88. The van der Waals surface area contributed by atoms with Gasteiger partial charge >= 0.3 is 0 Å². The van der Waals surface area contributed by atoms with Gasteiger partial charge in [-0.05, 0) is 32.0 Å². The standard InChI is InChI=1S/C21H32N4O2S/c1-17(2)13-25-20(15-24-11-10-19(14-24)23(3)4)12-22-21(25)28(26,27)16-18-8-6-5-7-9-18/h5-9,12,17,19H,10-11,13-16H2,1-4H3. The summed E-state index contributed by atoms with van der Waals surface area (Å²) in [4.78, 5) is 9.03. The van der Waals surface area contributed by atoms with Crippen LogP contribution < -0.4 is 0 Å². The van der Waals surface area contributed by atoms with E-state index >= 15 is 0 Å². The monoisotopic (exact) mass is 404 g/mol. The minimum absolute atomic E-state index is 0.0190. The van der Waals surface area contributed by atoms with Gasteiger partial charge < -0.3 is 9.47 Å². The van der Waals surface area contributed by atoms with Crippen LogP contribution in [0.2, 0.25) is 0 Å². The van der Waals surface area contributed by atoms with Crippen LogP contribution in [0.3, 0.4) is 0 Å². The Morgan fingerprint density at radius 2 is 1.93 bits per heavy atom. The van der Waals surface area contributed by atoms with E-state index in [2.05, 4.69) is 42.7 Å². The molecule has 7 heteroatoms. The molecule has 1 aliphatic heterocycles. The van der Waals surface area contributed by atoms with E-state index in [1.807, 2.05) is 34.9 Å². The topological polar surface area (TPSA) is 58.4 Å². The molecule has 1 unspecified atom stereocenters. The van der Waals surface area contributed by atoms with Gasteiger partial charge in [0, 0.05) is 32.2 Å². The van der Waals surface area contributed by atoms with Crippen LogP contribution in [0.4, 0.5) is 0 Å². The molecule has 0 spiro atoms. The van der Waals surface area contributed by atoms with Gasteiger partial charge in [0.1, 0.15) is 0 Å². The van der Waals surface area contributed by atoms with Crippen molar-refractivity contribution in [3.8, 4) is 0 Å². The lowest BCUT2D eigenvalue weighted by Crippen LogP contribution is -2.31. The van der Waals surface area contributed by atoms with E-state index in [1.54, 1.807) is 6.20 Å². The van der Waals surface area contributed by atoms with Gasteiger partial charge in [-0.1, -0.05) is 44.2 Å². The molecule has 1 aromatic heterocycles. The van der Waals surface area contributed by atoms with Crippen LogP contribution in [-0.4, -0.2) is 61.0 Å². The van der Waals surface area contributed by atoms with Crippen LogP contribution in [0.5, 0.6) is 0 Å². The fourth-order valence-electron chi connectivity index (χ4n) is 3.79. The predicted octanol–water partition coefficient (Wildman–Crippen LogP) is 2.65. The lowest BCUT2D eigenvalue weighted by molar-refractivity contribution is 0.259. The summed E-state index contributed by atoms with van der Waals surface area (Å²) >= 11 is 0. The van der Waals surface area contributed by atoms with E-state index in [0.29, 0.717) is 18.5 Å². The molecular weight excluding hydrogens is 372 g/mol. The van der Waals surface area contributed by atoms with Gasteiger partial charge in [-0.2, -0.15) is 0 Å². The number of imidazole rings is 1. The molecule has 0 saturated carbocycles. The highest BCUT2D eigenvalue weighted by Gasteiger charge is 2.28. The Hall–Kier alpha value is -1.70. The first-order valence-corrected chi connectivity index (χ1v) is 11.6. The predicted molar refractivity (Wildman–Crippen MR) is 112 cm³/mol. The molecule has 3 rings (SSSR count). The van der Waals surface area contributed by atoms with E-state index in [4.69, 9.17) is 0 Å². The van der Waals surface area contributed by atoms with E-state index < -0.39 is 9.84 Å². The Balaban J connectivity index is 1.84. The quantitative estimate of drug-likeness (QED) is 0.677. The van der Waals surface area contributed by atoms with Crippen LogP contribution in [0.1, 0.15) is 31.5 Å². The maximum atomic E-state index is 13.1. The summed E-state index contributed by atoms with van der Waals surface area (Å²) in [7, 11) is 0.732. The molecule has 2 heterocycles. The van der Waals surface area contributed by atoms with Crippen LogP contribution >= 0.6 is 0 Å². The van der Waals surface area contributed by atoms with E-state index in [-0.39, 0.29) is 10.9 Å². The molecule has 1 fully saturated rings. The molecule has 1 aromatic carbocycles. The van der Waals surface area contributed by atoms with Crippen molar-refractivity contribution in [2.45, 2.75) is 50.3 Å². The summed E-state index contributed by atoms with van der Waals surface area (Å²) < 4.78 is 28.1. The maximum absolute atomic E-state index is 13.1. The van der Waals surface area contributed by atoms with Crippen molar-refractivity contribution in [3.63, 3.8) is 0 Å². The summed E-state index contributed by atoms with van der Waals surface area (Å²) in [6.07, 6.45) is 2.90. The van der Waals surface area contributed by atoms with Gasteiger partial charge in [0.05, 0.1) is 17.6 Å². The van der Waals surface area contributed by atoms with Crippen molar-refractivity contribution >= 4 is 9.84 Å². The third-order valence-electron chi connectivity index (χ3n) is 5.29. The zero-order valence-electron chi connectivity index (χ0n) is 17.4. The summed E-state index contributed by atoms with van der Waals surface area (Å²) in [5, 5.41) is 0.198. The molecule has 0 aliphatic carbocycles. The first-order valence-electron chi connectivity index (χ1n) is 9.96. The number of aromatic nitrogens is 2. The highest BCUT2D eigenvalue weighted by Crippen LogP contribution is 2.22. The normalized spacial score (nSPS) is 18.4. The molecule has 0 radical (unpaired) electrons. The molecule has 154 valence electrons. The number of sulfone groups is 1. The van der Waals surface area contributed by atoms with Crippen molar-refractivity contribution in [1.82, 2.24) is 19.4 Å². The molecule has 1 atom stereocenters. The van der Waals surface area contributed by atoms with Crippen molar-refractivity contribution < 1.29 is 8.42 Å². The Kier molecular flexibility index (Phi) is 6.58. The summed E-state index contributed by atoms with van der Waals surface area (Å²) in [6.45, 7) is 7.65. The SMILES string of the molecule is CC(C)Cn1c(CN2CCC(N(C)C)C2)cnc1S(=O)(=O)Cc1ccccc1. The molecule has 0 N–H and O–H groups in total. The molecular formula is C21H32N4O2S. The van der Waals surface area contributed by atoms with Gasteiger partial charge in [-0.3, -0.25) is 4.90 Å². The van der Waals surface area contributed by atoms with Crippen molar-refractivity contribution in [2.24, 2.45) is 5.92 Å². The van der Waals surface area contributed by atoms with Gasteiger partial charge in [-0.15, -0.1) is 0 Å². The largest absolute Gasteiger partial charge is 0.317 e. The average molecular weight is 405 g/mol. The molecule has 2 aromatic rings. The smallest absolute Gasteiger partial charge is 0.228 e. The molecule has 1 aliphatic rings. The number of hydrogen-bond acceptors (Lipinski definition) is 5. The Bertz CT molecular complexity index is 875. The van der Waals surface area contributed by atoms with Crippen LogP contribution in [0.15, 0.2) is 41.7 Å². The second-order valence-corrected chi connectivity index (χ2v) is 10.3. The fraction of sp³-hybridized carbons (Fsp3) is 0.571. The molecule has 28 heavy (non-hydrogen) atoms. The van der Waals surface area contributed by atoms with E-state index in [9.17, 15) is 8.42 Å². The highest BCUT2D eigenvalue weighted by atomic mass is 32.2. The third kappa shape index (κ3) is 5.01. The lowest BCUT2D eigenvalue weighted by Gasteiger charge is -2.21. The minimum atomic E-state index is -3.50. The van der Waals surface area contributed by atoms with Gasteiger partial charge in [0.15, 0.2) is 0 Å². The lowest BCUT2D eigenvalue weighted by atomic mass is 10.2. The van der Waals surface area contributed by atoms with Crippen molar-refractivity contribution in [1.29, 1.82) is 0 Å². The molecule has 0 bridgehead atoms. The number of rotatable bonds is 8. The van der Waals surface area contributed by atoms with E-state index in [1.165, 1.54) is 0 Å². The van der Waals surface area contributed by atoms with Crippen molar-refractivity contribution in [3.05, 3.63) is 47.8 Å². The Labute approximate surface area is 169 Å². The summed E-state index contributed by atoms with van der Waals surface area (Å²) in [5.41, 5.74) is 1.77. The van der Waals surface area contributed by atoms with Gasteiger partial charge in [0.2, 0.25) is 15.0 Å².